The Morgan fingerprint density at radius 1 is 1.50 bits per heavy atom. The van der Waals surface area contributed by atoms with Crippen LogP contribution in [-0.4, -0.2) is 11.6 Å². The summed E-state index contributed by atoms with van der Waals surface area (Å²) in [5.74, 6) is -0.420. The van der Waals surface area contributed by atoms with E-state index in [0.29, 0.717) is 24.1 Å². The molecule has 0 aromatic heterocycles. The van der Waals surface area contributed by atoms with Crippen LogP contribution < -0.4 is 5.43 Å². The lowest BCUT2D eigenvalue weighted by Gasteiger charge is -2.02. The van der Waals surface area contributed by atoms with Gasteiger partial charge in [-0.2, -0.15) is 5.10 Å². The third-order valence-corrected chi connectivity index (χ3v) is 2.66. The first kappa shape index (κ1) is 10.8. The number of halogens is 1. The van der Waals surface area contributed by atoms with Gasteiger partial charge in [-0.3, -0.25) is 4.79 Å². The van der Waals surface area contributed by atoms with E-state index < -0.39 is 0 Å². The number of fused-ring (bicyclic) bond motifs is 1. The Morgan fingerprint density at radius 2 is 2.31 bits per heavy atom. The lowest BCUT2D eigenvalue weighted by molar-refractivity contribution is -0.120. The first-order valence-corrected chi connectivity index (χ1v) is 5.35. The summed E-state index contributed by atoms with van der Waals surface area (Å²) >= 11 is 0. The molecule has 1 amide bonds. The van der Waals surface area contributed by atoms with Crippen molar-refractivity contribution in [1.82, 2.24) is 5.43 Å². The highest BCUT2D eigenvalue weighted by Gasteiger charge is 2.21. The summed E-state index contributed by atoms with van der Waals surface area (Å²) < 4.78 is 13.6. The van der Waals surface area contributed by atoms with Crippen molar-refractivity contribution in [2.75, 3.05) is 0 Å². The highest BCUT2D eigenvalue weighted by atomic mass is 19.1. The number of amides is 1. The van der Waals surface area contributed by atoms with E-state index in [9.17, 15) is 9.18 Å². The largest absolute Gasteiger partial charge is 0.273 e. The van der Waals surface area contributed by atoms with E-state index in [1.807, 2.05) is 6.07 Å². The molecule has 1 aromatic rings. The molecule has 1 aliphatic carbocycles. The van der Waals surface area contributed by atoms with Crippen LogP contribution in [0.4, 0.5) is 4.39 Å². The Labute approximate surface area is 93.4 Å². The molecule has 0 radical (unpaired) electrons. The molecule has 84 valence electrons. The van der Waals surface area contributed by atoms with Gasteiger partial charge in [-0.25, -0.2) is 9.82 Å². The predicted octanol–water partition coefficient (Wildman–Crippen LogP) is 2.00. The standard InChI is InChI=1S/C12H13FN2O/c1-2-11(16)15-14-10-7-6-8-4-3-5-9(13)12(8)10/h3-5H,2,6-7H2,1H3,(H,15,16). The SMILES string of the molecule is CCC(=O)NN=C1CCc2cccc(F)c21. The molecular weight excluding hydrogens is 207 g/mol. The third kappa shape index (κ3) is 1.96. The summed E-state index contributed by atoms with van der Waals surface area (Å²) in [4.78, 5) is 11.1. The maximum atomic E-state index is 13.6. The van der Waals surface area contributed by atoms with Gasteiger partial charge in [0.15, 0.2) is 0 Å². The van der Waals surface area contributed by atoms with Crippen molar-refractivity contribution in [1.29, 1.82) is 0 Å². The van der Waals surface area contributed by atoms with Crippen LogP contribution in [0.2, 0.25) is 0 Å². The van der Waals surface area contributed by atoms with E-state index >= 15 is 0 Å². The Balaban J connectivity index is 2.26. The quantitative estimate of drug-likeness (QED) is 0.761. The number of hydrogen-bond acceptors (Lipinski definition) is 2. The summed E-state index contributed by atoms with van der Waals surface area (Å²) in [5.41, 5.74) is 4.58. The first-order valence-electron chi connectivity index (χ1n) is 5.35. The van der Waals surface area contributed by atoms with Crippen LogP contribution in [0.25, 0.3) is 0 Å². The van der Waals surface area contributed by atoms with Crippen LogP contribution in [0.3, 0.4) is 0 Å². The number of rotatable bonds is 2. The fourth-order valence-electron chi connectivity index (χ4n) is 1.80. The monoisotopic (exact) mass is 220 g/mol. The second-order valence-electron chi connectivity index (χ2n) is 3.72. The molecule has 1 N–H and O–H groups in total. The fraction of sp³-hybridized carbons (Fsp3) is 0.333. The minimum atomic E-state index is -0.264. The summed E-state index contributed by atoms with van der Waals surface area (Å²) in [7, 11) is 0. The molecule has 1 aliphatic rings. The van der Waals surface area contributed by atoms with E-state index in [1.165, 1.54) is 6.07 Å². The molecule has 0 aliphatic heterocycles. The first-order chi connectivity index (χ1) is 7.72. The number of hydrogen-bond donors (Lipinski definition) is 1. The lowest BCUT2D eigenvalue weighted by atomic mass is 10.1. The van der Waals surface area contributed by atoms with Crippen molar-refractivity contribution < 1.29 is 9.18 Å². The molecule has 16 heavy (non-hydrogen) atoms. The predicted molar refractivity (Wildman–Crippen MR) is 59.7 cm³/mol. The number of nitrogens with zero attached hydrogens (tertiary/aromatic N) is 1. The van der Waals surface area contributed by atoms with E-state index in [4.69, 9.17) is 0 Å². The van der Waals surface area contributed by atoms with E-state index in [2.05, 4.69) is 10.5 Å². The van der Waals surface area contributed by atoms with E-state index in [0.717, 1.165) is 12.0 Å². The normalized spacial score (nSPS) is 16.2. The maximum absolute atomic E-state index is 13.6. The molecule has 0 unspecified atom stereocenters. The molecule has 0 saturated carbocycles. The minimum absolute atomic E-state index is 0.155. The average molecular weight is 220 g/mol. The van der Waals surface area contributed by atoms with Gasteiger partial charge in [-0.15, -0.1) is 0 Å². The Bertz CT molecular complexity index is 454. The van der Waals surface area contributed by atoms with Gasteiger partial charge in [0.2, 0.25) is 5.91 Å². The number of nitrogens with one attached hydrogen (secondary N) is 1. The molecule has 1 aromatic carbocycles. The fourth-order valence-corrected chi connectivity index (χ4v) is 1.80. The molecule has 0 fully saturated rings. The molecule has 4 heteroatoms. The maximum Gasteiger partial charge on any atom is 0.239 e. The molecule has 0 heterocycles. The zero-order chi connectivity index (χ0) is 11.5. The average Bonchev–Trinajstić information content (AvgIpc) is 2.70. The Hall–Kier alpha value is -1.71. The van der Waals surface area contributed by atoms with Crippen LogP contribution in [0.15, 0.2) is 23.3 Å². The summed E-state index contributed by atoms with van der Waals surface area (Å²) in [6.45, 7) is 1.75. The zero-order valence-corrected chi connectivity index (χ0v) is 9.09. The minimum Gasteiger partial charge on any atom is -0.273 e. The summed E-state index contributed by atoms with van der Waals surface area (Å²) in [6, 6.07) is 5.01. The van der Waals surface area contributed by atoms with Crippen molar-refractivity contribution in [2.24, 2.45) is 5.10 Å². The topological polar surface area (TPSA) is 41.5 Å². The second-order valence-corrected chi connectivity index (χ2v) is 3.72. The van der Waals surface area contributed by atoms with E-state index in [-0.39, 0.29) is 11.7 Å². The summed E-state index contributed by atoms with van der Waals surface area (Å²) in [5, 5.41) is 3.97. The number of carbonyl (C=O) groups is 1. The van der Waals surface area contributed by atoms with Crippen LogP contribution in [-0.2, 0) is 11.2 Å². The van der Waals surface area contributed by atoms with Gasteiger partial charge in [0, 0.05) is 12.0 Å². The molecule has 0 saturated heterocycles. The molecule has 3 nitrogen and oxygen atoms in total. The van der Waals surface area contributed by atoms with Crippen LogP contribution in [0.5, 0.6) is 0 Å². The van der Waals surface area contributed by atoms with Gasteiger partial charge in [0.05, 0.1) is 5.71 Å². The van der Waals surface area contributed by atoms with Gasteiger partial charge in [-0.1, -0.05) is 19.1 Å². The van der Waals surface area contributed by atoms with Gasteiger partial charge >= 0.3 is 0 Å². The van der Waals surface area contributed by atoms with Gasteiger partial charge < -0.3 is 0 Å². The van der Waals surface area contributed by atoms with Crippen molar-refractivity contribution in [2.45, 2.75) is 26.2 Å². The number of hydrazone groups is 1. The number of carbonyl (C=O) groups excluding carboxylic acids is 1. The van der Waals surface area contributed by atoms with Crippen molar-refractivity contribution in [3.05, 3.63) is 35.1 Å². The van der Waals surface area contributed by atoms with Gasteiger partial charge in [0.1, 0.15) is 5.82 Å². The van der Waals surface area contributed by atoms with Crippen molar-refractivity contribution in [3.63, 3.8) is 0 Å². The van der Waals surface area contributed by atoms with Crippen LogP contribution >= 0.6 is 0 Å². The van der Waals surface area contributed by atoms with Crippen LogP contribution in [0.1, 0.15) is 30.9 Å². The second kappa shape index (κ2) is 4.43. The van der Waals surface area contributed by atoms with Gasteiger partial charge in [0.25, 0.3) is 0 Å². The number of benzene rings is 1. The van der Waals surface area contributed by atoms with Crippen molar-refractivity contribution in [3.8, 4) is 0 Å². The molecule has 0 atom stereocenters. The molecular formula is C12H13FN2O. The van der Waals surface area contributed by atoms with Gasteiger partial charge in [-0.05, 0) is 24.5 Å². The lowest BCUT2D eigenvalue weighted by Crippen LogP contribution is -2.18. The third-order valence-electron chi connectivity index (χ3n) is 2.66. The zero-order valence-electron chi connectivity index (χ0n) is 9.09. The smallest absolute Gasteiger partial charge is 0.239 e. The summed E-state index contributed by atoms with van der Waals surface area (Å²) in [6.07, 6.45) is 1.84. The van der Waals surface area contributed by atoms with Crippen molar-refractivity contribution >= 4 is 11.6 Å². The molecule has 0 spiro atoms. The highest BCUT2D eigenvalue weighted by molar-refractivity contribution is 6.05. The molecule has 2 rings (SSSR count). The Morgan fingerprint density at radius 3 is 3.06 bits per heavy atom. The van der Waals surface area contributed by atoms with Crippen LogP contribution in [0, 0.1) is 5.82 Å². The van der Waals surface area contributed by atoms with E-state index in [1.54, 1.807) is 13.0 Å². The number of aryl methyl sites for hydroxylation is 1. The highest BCUT2D eigenvalue weighted by Crippen LogP contribution is 2.24. The molecule has 0 bridgehead atoms. The Kier molecular flexibility index (Phi) is 2.99.